The molecule has 0 saturated heterocycles. The Bertz CT molecular complexity index is 976. The van der Waals surface area contributed by atoms with Gasteiger partial charge in [-0.25, -0.2) is 4.79 Å². The molecule has 0 saturated carbocycles. The number of H-pyrrole nitrogens is 2. The Balaban J connectivity index is 1.63. The molecule has 0 spiro atoms. The molecular formula is C16H12F3N3O3. The normalized spacial score (nSPS) is 11.5. The van der Waals surface area contributed by atoms with E-state index in [1.54, 1.807) is 18.2 Å². The van der Waals surface area contributed by atoms with E-state index < -0.39 is 24.3 Å². The summed E-state index contributed by atoms with van der Waals surface area (Å²) in [6, 6.07) is 9.01. The Morgan fingerprint density at radius 1 is 1.08 bits per heavy atom. The summed E-state index contributed by atoms with van der Waals surface area (Å²) >= 11 is 0. The van der Waals surface area contributed by atoms with E-state index in [0.717, 1.165) is 12.1 Å². The third-order valence-corrected chi connectivity index (χ3v) is 3.33. The van der Waals surface area contributed by atoms with Crippen LogP contribution >= 0.6 is 0 Å². The van der Waals surface area contributed by atoms with Crippen molar-refractivity contribution in [1.82, 2.24) is 9.97 Å². The SMILES string of the molecule is O=C(COc1cccc(C(F)(F)F)c1)Nc1ccc2[nH]c(=O)[nH]c2c1. The van der Waals surface area contributed by atoms with Gasteiger partial charge in [0.25, 0.3) is 5.91 Å². The lowest BCUT2D eigenvalue weighted by atomic mass is 10.2. The third kappa shape index (κ3) is 4.00. The highest BCUT2D eigenvalue weighted by Gasteiger charge is 2.30. The number of nitrogens with one attached hydrogen (secondary N) is 3. The highest BCUT2D eigenvalue weighted by atomic mass is 19.4. The molecule has 0 atom stereocenters. The number of amides is 1. The first-order valence-corrected chi connectivity index (χ1v) is 7.13. The summed E-state index contributed by atoms with van der Waals surface area (Å²) in [7, 11) is 0. The van der Waals surface area contributed by atoms with Crippen LogP contribution in [0.3, 0.4) is 0 Å². The van der Waals surface area contributed by atoms with E-state index in [9.17, 15) is 22.8 Å². The molecular weight excluding hydrogens is 339 g/mol. The van der Waals surface area contributed by atoms with Crippen LogP contribution < -0.4 is 15.7 Å². The molecule has 0 unspecified atom stereocenters. The highest BCUT2D eigenvalue weighted by molar-refractivity contribution is 5.93. The van der Waals surface area contributed by atoms with Crippen LogP contribution in [0, 0.1) is 0 Å². The summed E-state index contributed by atoms with van der Waals surface area (Å²) in [6.45, 7) is -0.455. The second-order valence-corrected chi connectivity index (χ2v) is 5.20. The predicted molar refractivity (Wildman–Crippen MR) is 84.5 cm³/mol. The van der Waals surface area contributed by atoms with Gasteiger partial charge in [-0.2, -0.15) is 13.2 Å². The molecule has 25 heavy (non-hydrogen) atoms. The van der Waals surface area contributed by atoms with Gasteiger partial charge in [0, 0.05) is 5.69 Å². The standard InChI is InChI=1S/C16H12F3N3O3/c17-16(18,19)9-2-1-3-11(6-9)25-8-14(23)20-10-4-5-12-13(7-10)22-15(24)21-12/h1-7H,8H2,(H,20,23)(H2,21,22,24). The van der Waals surface area contributed by atoms with E-state index >= 15 is 0 Å². The number of halogens is 3. The Morgan fingerprint density at radius 2 is 1.84 bits per heavy atom. The molecule has 0 radical (unpaired) electrons. The van der Waals surface area contributed by atoms with E-state index in [2.05, 4.69) is 15.3 Å². The van der Waals surface area contributed by atoms with Crippen LogP contribution in [-0.4, -0.2) is 22.5 Å². The summed E-state index contributed by atoms with van der Waals surface area (Å²) in [5.41, 5.74) is 0.295. The molecule has 1 aromatic heterocycles. The predicted octanol–water partition coefficient (Wildman–Crippen LogP) is 2.89. The first-order chi connectivity index (χ1) is 11.8. The molecule has 1 heterocycles. The zero-order chi connectivity index (χ0) is 18.0. The summed E-state index contributed by atoms with van der Waals surface area (Å²) in [5, 5.41) is 2.54. The van der Waals surface area contributed by atoms with Gasteiger partial charge in [0.2, 0.25) is 0 Å². The second-order valence-electron chi connectivity index (χ2n) is 5.20. The molecule has 0 aliphatic carbocycles. The Kier molecular flexibility index (Phi) is 4.22. The highest BCUT2D eigenvalue weighted by Crippen LogP contribution is 2.31. The monoisotopic (exact) mass is 351 g/mol. The number of alkyl halides is 3. The first kappa shape index (κ1) is 16.6. The molecule has 9 heteroatoms. The largest absolute Gasteiger partial charge is 0.484 e. The van der Waals surface area contributed by atoms with Crippen molar-refractivity contribution < 1.29 is 22.7 Å². The first-order valence-electron chi connectivity index (χ1n) is 7.13. The van der Waals surface area contributed by atoms with E-state index in [1.165, 1.54) is 12.1 Å². The minimum absolute atomic E-state index is 0.0598. The van der Waals surface area contributed by atoms with E-state index in [0.29, 0.717) is 16.7 Å². The van der Waals surface area contributed by atoms with Crippen molar-refractivity contribution in [2.75, 3.05) is 11.9 Å². The van der Waals surface area contributed by atoms with Crippen LogP contribution in [0.25, 0.3) is 11.0 Å². The van der Waals surface area contributed by atoms with Crippen molar-refractivity contribution in [3.05, 3.63) is 58.5 Å². The number of carbonyl (C=O) groups excluding carboxylic acids is 1. The Hall–Kier alpha value is -3.23. The van der Waals surface area contributed by atoms with Gasteiger partial charge in [-0.15, -0.1) is 0 Å². The third-order valence-electron chi connectivity index (χ3n) is 3.33. The fourth-order valence-corrected chi connectivity index (χ4v) is 2.22. The van der Waals surface area contributed by atoms with Crippen molar-refractivity contribution in [2.45, 2.75) is 6.18 Å². The van der Waals surface area contributed by atoms with E-state index in [-0.39, 0.29) is 11.4 Å². The molecule has 0 bridgehead atoms. The smallest absolute Gasteiger partial charge is 0.416 e. The average molecular weight is 351 g/mol. The zero-order valence-electron chi connectivity index (χ0n) is 12.6. The quantitative estimate of drug-likeness (QED) is 0.675. The van der Waals surface area contributed by atoms with Crippen molar-refractivity contribution >= 4 is 22.6 Å². The van der Waals surface area contributed by atoms with Gasteiger partial charge in [-0.1, -0.05) is 6.07 Å². The van der Waals surface area contributed by atoms with Gasteiger partial charge in [-0.05, 0) is 36.4 Å². The minimum Gasteiger partial charge on any atom is -0.484 e. The van der Waals surface area contributed by atoms with Crippen LogP contribution in [0.4, 0.5) is 18.9 Å². The number of benzene rings is 2. The van der Waals surface area contributed by atoms with Crippen LogP contribution in [0.2, 0.25) is 0 Å². The summed E-state index contributed by atoms with van der Waals surface area (Å²) in [5.74, 6) is -0.606. The molecule has 3 aromatic rings. The molecule has 130 valence electrons. The van der Waals surface area contributed by atoms with Gasteiger partial charge in [-0.3, -0.25) is 4.79 Å². The summed E-state index contributed by atoms with van der Waals surface area (Å²) in [6.07, 6.45) is -4.48. The van der Waals surface area contributed by atoms with Crippen LogP contribution in [0.1, 0.15) is 5.56 Å². The topological polar surface area (TPSA) is 87.0 Å². The van der Waals surface area contributed by atoms with Crippen LogP contribution in [0.5, 0.6) is 5.75 Å². The number of carbonyl (C=O) groups is 1. The number of ether oxygens (including phenoxy) is 1. The lowest BCUT2D eigenvalue weighted by Gasteiger charge is -2.10. The van der Waals surface area contributed by atoms with Crippen molar-refractivity contribution in [1.29, 1.82) is 0 Å². The number of fused-ring (bicyclic) bond motifs is 1. The number of aromatic nitrogens is 2. The molecule has 3 N–H and O–H groups in total. The Labute approximate surface area is 138 Å². The maximum absolute atomic E-state index is 12.6. The molecule has 0 aliphatic heterocycles. The van der Waals surface area contributed by atoms with Gasteiger partial charge >= 0.3 is 11.9 Å². The van der Waals surface area contributed by atoms with Crippen molar-refractivity contribution in [3.8, 4) is 5.75 Å². The Morgan fingerprint density at radius 3 is 2.60 bits per heavy atom. The van der Waals surface area contributed by atoms with Gasteiger partial charge in [0.15, 0.2) is 6.61 Å². The lowest BCUT2D eigenvalue weighted by Crippen LogP contribution is -2.20. The second kappa shape index (κ2) is 6.34. The number of aromatic amines is 2. The number of imidazole rings is 1. The number of rotatable bonds is 4. The van der Waals surface area contributed by atoms with Crippen molar-refractivity contribution in [2.24, 2.45) is 0 Å². The molecule has 3 rings (SSSR count). The zero-order valence-corrected chi connectivity index (χ0v) is 12.6. The van der Waals surface area contributed by atoms with Crippen LogP contribution in [-0.2, 0) is 11.0 Å². The van der Waals surface area contributed by atoms with Crippen LogP contribution in [0.15, 0.2) is 47.3 Å². The van der Waals surface area contributed by atoms with Gasteiger partial charge in [0.1, 0.15) is 5.75 Å². The molecule has 2 aromatic carbocycles. The molecule has 0 fully saturated rings. The minimum atomic E-state index is -4.48. The number of hydrogen-bond donors (Lipinski definition) is 3. The summed E-state index contributed by atoms with van der Waals surface area (Å²) in [4.78, 5) is 28.2. The molecule has 0 aliphatic rings. The molecule has 6 nitrogen and oxygen atoms in total. The maximum atomic E-state index is 12.6. The van der Waals surface area contributed by atoms with Gasteiger partial charge in [0.05, 0.1) is 16.6 Å². The van der Waals surface area contributed by atoms with E-state index in [4.69, 9.17) is 4.74 Å². The van der Waals surface area contributed by atoms with E-state index in [1.807, 2.05) is 0 Å². The molecule has 1 amide bonds. The van der Waals surface area contributed by atoms with Crippen molar-refractivity contribution in [3.63, 3.8) is 0 Å². The summed E-state index contributed by atoms with van der Waals surface area (Å²) < 4.78 is 43.0. The average Bonchev–Trinajstić information content (AvgIpc) is 2.92. The lowest BCUT2D eigenvalue weighted by molar-refractivity contribution is -0.137. The number of hydrogen-bond acceptors (Lipinski definition) is 3. The fraction of sp³-hybridized carbons (Fsp3) is 0.125. The fourth-order valence-electron chi connectivity index (χ4n) is 2.22. The maximum Gasteiger partial charge on any atom is 0.416 e. The number of anilines is 1. The van der Waals surface area contributed by atoms with Gasteiger partial charge < -0.3 is 20.0 Å².